The molecule has 0 aliphatic carbocycles. The van der Waals surface area contributed by atoms with Gasteiger partial charge in [0, 0.05) is 23.7 Å². The molecule has 2 aromatic carbocycles. The van der Waals surface area contributed by atoms with E-state index in [0.717, 1.165) is 0 Å². The van der Waals surface area contributed by atoms with Crippen molar-refractivity contribution in [2.45, 2.75) is 6.92 Å². The number of methoxy groups -OCH3 is 1. The normalized spacial score (nSPS) is 11.4. The number of aromatic nitrogens is 2. The first-order valence-corrected chi connectivity index (χ1v) is 10.3. The summed E-state index contributed by atoms with van der Waals surface area (Å²) in [5.74, 6) is -1.78. The Bertz CT molecular complexity index is 1220. The molecule has 1 aromatic heterocycles. The van der Waals surface area contributed by atoms with E-state index in [1.165, 1.54) is 19.4 Å². The first-order chi connectivity index (χ1) is 16.5. The Morgan fingerprint density at radius 3 is 2.21 bits per heavy atom. The summed E-state index contributed by atoms with van der Waals surface area (Å²) >= 11 is 0. The summed E-state index contributed by atoms with van der Waals surface area (Å²) in [5, 5.41) is 7.84. The van der Waals surface area contributed by atoms with Crippen molar-refractivity contribution in [3.8, 4) is 0 Å². The largest absolute Gasteiger partial charge is 0.464 e. The van der Waals surface area contributed by atoms with Crippen LogP contribution in [0, 0.1) is 6.92 Å². The van der Waals surface area contributed by atoms with Crippen molar-refractivity contribution in [2.24, 2.45) is 0 Å². The van der Waals surface area contributed by atoms with Crippen molar-refractivity contribution in [3.63, 3.8) is 0 Å². The van der Waals surface area contributed by atoms with Gasteiger partial charge in [-0.3, -0.25) is 9.59 Å². The number of hydrogen-bond donors (Lipinski definition) is 3. The minimum absolute atomic E-state index is 0.0679. The first-order valence-electron chi connectivity index (χ1n) is 10.3. The molecule has 0 atom stereocenters. The molecule has 1 heterocycles. The molecular formula is C25H23N5O4. The number of carbonyl (C=O) groups is 3. The summed E-state index contributed by atoms with van der Waals surface area (Å²) in [6, 6.07) is 19.1. The van der Waals surface area contributed by atoms with E-state index in [1.54, 1.807) is 73.8 Å². The highest BCUT2D eigenvalue weighted by Gasteiger charge is 2.19. The second-order valence-electron chi connectivity index (χ2n) is 6.96. The number of nitrogens with one attached hydrogen (secondary N) is 3. The van der Waals surface area contributed by atoms with E-state index in [4.69, 9.17) is 4.74 Å². The lowest BCUT2D eigenvalue weighted by atomic mass is 10.1. The molecule has 3 rings (SSSR count). The Morgan fingerprint density at radius 2 is 1.56 bits per heavy atom. The van der Waals surface area contributed by atoms with E-state index in [-0.39, 0.29) is 17.3 Å². The van der Waals surface area contributed by atoms with E-state index in [1.807, 2.05) is 6.07 Å². The zero-order chi connectivity index (χ0) is 24.3. The smallest absolute Gasteiger partial charge is 0.356 e. The fourth-order valence-electron chi connectivity index (χ4n) is 2.76. The SMILES string of the molecule is COC(=O)/C(=C/Nc1nccc(C)n1)NC(=O)/C(=C\c1ccccc1)NC(=O)c1ccccc1. The molecule has 3 aromatic rings. The number of amides is 2. The number of anilines is 1. The molecule has 3 N–H and O–H groups in total. The summed E-state index contributed by atoms with van der Waals surface area (Å²) < 4.78 is 4.76. The van der Waals surface area contributed by atoms with Crippen LogP contribution in [0.1, 0.15) is 21.6 Å². The predicted molar refractivity (Wildman–Crippen MR) is 127 cm³/mol. The molecule has 0 bridgehead atoms. The third-order valence-electron chi connectivity index (χ3n) is 4.43. The molecule has 0 aliphatic heterocycles. The van der Waals surface area contributed by atoms with E-state index in [9.17, 15) is 14.4 Å². The number of ether oxygens (including phenoxy) is 1. The lowest BCUT2D eigenvalue weighted by molar-refractivity contribution is -0.137. The highest BCUT2D eigenvalue weighted by molar-refractivity contribution is 6.07. The van der Waals surface area contributed by atoms with Crippen molar-refractivity contribution >= 4 is 29.8 Å². The molecule has 2 amide bonds. The van der Waals surface area contributed by atoms with Crippen LogP contribution in [0.3, 0.4) is 0 Å². The summed E-state index contributed by atoms with van der Waals surface area (Å²) in [7, 11) is 1.18. The Kier molecular flexibility index (Phi) is 8.23. The number of aryl methyl sites for hydroxylation is 1. The molecule has 0 fully saturated rings. The monoisotopic (exact) mass is 457 g/mol. The molecule has 0 saturated carbocycles. The fraction of sp³-hybridized carbons (Fsp3) is 0.0800. The molecule has 34 heavy (non-hydrogen) atoms. The van der Waals surface area contributed by atoms with Gasteiger partial charge < -0.3 is 20.7 Å². The predicted octanol–water partition coefficient (Wildman–Crippen LogP) is 2.80. The zero-order valence-electron chi connectivity index (χ0n) is 18.6. The van der Waals surface area contributed by atoms with Crippen LogP contribution in [0.25, 0.3) is 6.08 Å². The van der Waals surface area contributed by atoms with E-state index in [2.05, 4.69) is 25.9 Å². The number of benzene rings is 2. The van der Waals surface area contributed by atoms with E-state index >= 15 is 0 Å². The van der Waals surface area contributed by atoms with Crippen molar-refractivity contribution in [3.05, 3.63) is 107 Å². The van der Waals surface area contributed by atoms with Crippen LogP contribution < -0.4 is 16.0 Å². The van der Waals surface area contributed by atoms with Gasteiger partial charge in [0.05, 0.1) is 7.11 Å². The van der Waals surface area contributed by atoms with E-state index < -0.39 is 17.8 Å². The Hall–Kier alpha value is -4.79. The van der Waals surface area contributed by atoms with Crippen LogP contribution >= 0.6 is 0 Å². The standard InChI is InChI=1S/C25H23N5O4/c1-17-13-14-26-25(28-17)27-16-21(24(33)34-2)30-23(32)20(15-18-9-5-3-6-10-18)29-22(31)19-11-7-4-8-12-19/h3-16H,1-2H3,(H,29,31)(H,30,32)(H,26,27,28)/b20-15+,21-16-. The van der Waals surface area contributed by atoms with Crippen molar-refractivity contribution in [1.82, 2.24) is 20.6 Å². The third-order valence-corrected chi connectivity index (χ3v) is 4.43. The molecule has 0 unspecified atom stereocenters. The average Bonchev–Trinajstić information content (AvgIpc) is 2.86. The molecule has 0 saturated heterocycles. The van der Waals surface area contributed by atoms with Crippen LogP contribution in [-0.4, -0.2) is 34.9 Å². The van der Waals surface area contributed by atoms with E-state index in [0.29, 0.717) is 16.8 Å². The fourth-order valence-corrected chi connectivity index (χ4v) is 2.76. The van der Waals surface area contributed by atoms with Gasteiger partial charge in [-0.25, -0.2) is 14.8 Å². The Balaban J connectivity index is 1.87. The van der Waals surface area contributed by atoms with Crippen molar-refractivity contribution in [1.29, 1.82) is 0 Å². The lowest BCUT2D eigenvalue weighted by Crippen LogP contribution is -2.36. The van der Waals surface area contributed by atoms with Crippen LogP contribution in [0.5, 0.6) is 0 Å². The molecule has 9 nitrogen and oxygen atoms in total. The second-order valence-corrected chi connectivity index (χ2v) is 6.96. The van der Waals surface area contributed by atoms with Crippen LogP contribution in [0.15, 0.2) is 90.5 Å². The van der Waals surface area contributed by atoms with Gasteiger partial charge in [-0.2, -0.15) is 0 Å². The minimum Gasteiger partial charge on any atom is -0.464 e. The second kappa shape index (κ2) is 11.7. The van der Waals surface area contributed by atoms with Gasteiger partial charge in [-0.15, -0.1) is 0 Å². The van der Waals surface area contributed by atoms with Gasteiger partial charge in [-0.1, -0.05) is 48.5 Å². The van der Waals surface area contributed by atoms with Gasteiger partial charge >= 0.3 is 5.97 Å². The summed E-state index contributed by atoms with van der Waals surface area (Å²) in [6.45, 7) is 1.79. The highest BCUT2D eigenvalue weighted by Crippen LogP contribution is 2.09. The van der Waals surface area contributed by atoms with Crippen molar-refractivity contribution < 1.29 is 19.1 Å². The van der Waals surface area contributed by atoms with Crippen molar-refractivity contribution in [2.75, 3.05) is 12.4 Å². The molecule has 172 valence electrons. The quantitative estimate of drug-likeness (QED) is 0.351. The molecule has 0 aliphatic rings. The minimum atomic E-state index is -0.804. The number of nitrogens with zero attached hydrogens (tertiary/aromatic N) is 2. The topological polar surface area (TPSA) is 122 Å². The maximum atomic E-state index is 13.1. The average molecular weight is 457 g/mol. The first kappa shape index (κ1) is 23.9. The highest BCUT2D eigenvalue weighted by atomic mass is 16.5. The summed E-state index contributed by atoms with van der Waals surface area (Å²) in [4.78, 5) is 46.3. The van der Waals surface area contributed by atoms with Gasteiger partial charge in [0.2, 0.25) is 5.95 Å². The Labute approximate surface area is 196 Å². The number of carbonyl (C=O) groups excluding carboxylic acids is 3. The number of hydrogen-bond acceptors (Lipinski definition) is 7. The molecule has 0 spiro atoms. The zero-order valence-corrected chi connectivity index (χ0v) is 18.6. The summed E-state index contributed by atoms with van der Waals surface area (Å²) in [6.07, 6.45) is 4.27. The van der Waals surface area contributed by atoms with Gasteiger partial charge in [0.15, 0.2) is 0 Å². The number of rotatable bonds is 8. The van der Waals surface area contributed by atoms with Gasteiger partial charge in [0.25, 0.3) is 11.8 Å². The molecule has 9 heteroatoms. The molecular weight excluding hydrogens is 434 g/mol. The Morgan fingerprint density at radius 1 is 0.882 bits per heavy atom. The third kappa shape index (κ3) is 6.86. The van der Waals surface area contributed by atoms with Crippen LogP contribution in [-0.2, 0) is 14.3 Å². The van der Waals surface area contributed by atoms with Gasteiger partial charge in [0.1, 0.15) is 11.4 Å². The maximum absolute atomic E-state index is 13.1. The molecule has 0 radical (unpaired) electrons. The summed E-state index contributed by atoms with van der Waals surface area (Å²) in [5.41, 5.74) is 1.49. The number of esters is 1. The lowest BCUT2D eigenvalue weighted by Gasteiger charge is -2.13. The van der Waals surface area contributed by atoms with Gasteiger partial charge in [-0.05, 0) is 36.8 Å². The van der Waals surface area contributed by atoms with Crippen LogP contribution in [0.4, 0.5) is 5.95 Å². The van der Waals surface area contributed by atoms with Crippen LogP contribution in [0.2, 0.25) is 0 Å². The maximum Gasteiger partial charge on any atom is 0.356 e.